The van der Waals surface area contributed by atoms with Gasteiger partial charge in [0.2, 0.25) is 0 Å². The molecule has 0 aliphatic carbocycles. The molecule has 1 rings (SSSR count). The van der Waals surface area contributed by atoms with E-state index < -0.39 is 0 Å². The molecule has 0 N–H and O–H groups in total. The molecule has 0 spiro atoms. The van der Waals surface area contributed by atoms with Gasteiger partial charge in [0.05, 0.1) is 5.69 Å². The van der Waals surface area contributed by atoms with Crippen LogP contribution in [0.1, 0.15) is 18.2 Å². The number of aryl methyl sites for hydroxylation is 1. The van der Waals surface area contributed by atoms with Crippen molar-refractivity contribution < 1.29 is 0 Å². The second-order valence-electron chi connectivity index (χ2n) is 2.63. The van der Waals surface area contributed by atoms with Crippen LogP contribution in [0.5, 0.6) is 0 Å². The number of nitrogens with zero attached hydrogens (tertiary/aromatic N) is 2. The largest absolute Gasteiger partial charge is 0.275 e. The van der Waals surface area contributed by atoms with Gasteiger partial charge in [0.15, 0.2) is 0 Å². The van der Waals surface area contributed by atoms with E-state index in [4.69, 9.17) is 0 Å². The van der Waals surface area contributed by atoms with Gasteiger partial charge in [-0.25, -0.2) is 0 Å². The summed E-state index contributed by atoms with van der Waals surface area (Å²) in [4.78, 5) is 0.964. The number of hydrogen-bond acceptors (Lipinski definition) is 2. The zero-order valence-corrected chi connectivity index (χ0v) is 8.18. The first-order valence-corrected chi connectivity index (χ1v) is 4.11. The van der Waals surface area contributed by atoms with Crippen LogP contribution in [0, 0.1) is 0 Å². The summed E-state index contributed by atoms with van der Waals surface area (Å²) >= 11 is 4.19. The SMILES string of the molecule is C=Cc1nn(C)cc1/C=C(\C)S. The van der Waals surface area contributed by atoms with E-state index in [1.54, 1.807) is 10.8 Å². The molecule has 0 saturated heterocycles. The monoisotopic (exact) mass is 180 g/mol. The third kappa shape index (κ3) is 2.01. The minimum Gasteiger partial charge on any atom is -0.275 e. The molecule has 3 heteroatoms. The van der Waals surface area contributed by atoms with Gasteiger partial charge in [-0.3, -0.25) is 4.68 Å². The zero-order valence-electron chi connectivity index (χ0n) is 7.28. The topological polar surface area (TPSA) is 17.8 Å². The van der Waals surface area contributed by atoms with Gasteiger partial charge < -0.3 is 0 Å². The van der Waals surface area contributed by atoms with E-state index in [9.17, 15) is 0 Å². The molecule has 0 amide bonds. The number of thiol groups is 1. The minimum absolute atomic E-state index is 0.894. The molecule has 0 unspecified atom stereocenters. The second kappa shape index (κ2) is 3.63. The highest BCUT2D eigenvalue weighted by Gasteiger charge is 2.00. The lowest BCUT2D eigenvalue weighted by atomic mass is 10.2. The first kappa shape index (κ1) is 9.13. The maximum absolute atomic E-state index is 4.20. The molecule has 1 aromatic rings. The summed E-state index contributed by atoms with van der Waals surface area (Å²) < 4.78 is 1.76. The maximum atomic E-state index is 4.20. The van der Waals surface area contributed by atoms with Crippen LogP contribution in [0.2, 0.25) is 0 Å². The molecule has 12 heavy (non-hydrogen) atoms. The van der Waals surface area contributed by atoms with Crippen molar-refractivity contribution in [3.63, 3.8) is 0 Å². The Labute approximate surface area is 78.0 Å². The Morgan fingerprint density at radius 1 is 1.75 bits per heavy atom. The van der Waals surface area contributed by atoms with Crippen LogP contribution in [-0.2, 0) is 7.05 Å². The van der Waals surface area contributed by atoms with Crippen molar-refractivity contribution in [2.45, 2.75) is 6.92 Å². The Morgan fingerprint density at radius 2 is 2.42 bits per heavy atom. The van der Waals surface area contributed by atoms with Gasteiger partial charge in [0, 0.05) is 18.8 Å². The Hall–Kier alpha value is -0.960. The van der Waals surface area contributed by atoms with Gasteiger partial charge >= 0.3 is 0 Å². The Morgan fingerprint density at radius 3 is 2.92 bits per heavy atom. The molecule has 0 aliphatic rings. The van der Waals surface area contributed by atoms with E-state index in [-0.39, 0.29) is 0 Å². The van der Waals surface area contributed by atoms with Crippen LogP contribution in [0.15, 0.2) is 17.7 Å². The lowest BCUT2D eigenvalue weighted by Crippen LogP contribution is -1.86. The first-order chi connectivity index (χ1) is 5.63. The number of rotatable bonds is 2. The fraction of sp³-hybridized carbons (Fsp3) is 0.222. The van der Waals surface area contributed by atoms with Crippen LogP contribution in [0.25, 0.3) is 12.2 Å². The molecule has 2 nitrogen and oxygen atoms in total. The lowest BCUT2D eigenvalue weighted by Gasteiger charge is -1.88. The van der Waals surface area contributed by atoms with E-state index in [2.05, 4.69) is 24.3 Å². The fourth-order valence-electron chi connectivity index (χ4n) is 1.02. The van der Waals surface area contributed by atoms with Gasteiger partial charge in [-0.05, 0) is 24.0 Å². The molecule has 0 aliphatic heterocycles. The molecule has 1 aromatic heterocycles. The van der Waals surface area contributed by atoms with E-state index in [0.29, 0.717) is 0 Å². The summed E-state index contributed by atoms with van der Waals surface area (Å²) in [5.74, 6) is 0. The molecule has 1 heterocycles. The standard InChI is InChI=1S/C9H12N2S/c1-4-9-8(5-7(2)12)6-11(3)10-9/h4-6,12H,1H2,2-3H3/b7-5+. The molecular weight excluding hydrogens is 168 g/mol. The van der Waals surface area contributed by atoms with Crippen LogP contribution in [-0.4, -0.2) is 9.78 Å². The number of allylic oxidation sites excluding steroid dienone is 1. The first-order valence-electron chi connectivity index (χ1n) is 3.67. The number of hydrogen-bond donors (Lipinski definition) is 1. The van der Waals surface area contributed by atoms with E-state index in [1.165, 1.54) is 0 Å². The molecular formula is C9H12N2S. The molecule has 64 valence electrons. The van der Waals surface area contributed by atoms with Crippen molar-refractivity contribution in [3.8, 4) is 0 Å². The second-order valence-corrected chi connectivity index (χ2v) is 3.34. The molecule has 0 fully saturated rings. The summed E-state index contributed by atoms with van der Waals surface area (Å²) in [5.41, 5.74) is 1.95. The highest BCUT2D eigenvalue weighted by atomic mass is 32.1. The fourth-order valence-corrected chi connectivity index (χ4v) is 1.16. The highest BCUT2D eigenvalue weighted by Crippen LogP contribution is 2.13. The third-order valence-electron chi connectivity index (χ3n) is 1.44. The lowest BCUT2D eigenvalue weighted by molar-refractivity contribution is 0.764. The average Bonchev–Trinajstić information content (AvgIpc) is 2.29. The number of aromatic nitrogens is 2. The Bertz CT molecular complexity index is 319. The Balaban J connectivity index is 3.13. The summed E-state index contributed by atoms with van der Waals surface area (Å²) in [7, 11) is 1.89. The predicted molar refractivity (Wildman–Crippen MR) is 55.9 cm³/mol. The van der Waals surface area contributed by atoms with Crippen molar-refractivity contribution in [2.75, 3.05) is 0 Å². The summed E-state index contributed by atoms with van der Waals surface area (Å²) in [6.07, 6.45) is 5.65. The van der Waals surface area contributed by atoms with Crippen molar-refractivity contribution in [1.29, 1.82) is 0 Å². The van der Waals surface area contributed by atoms with Crippen molar-refractivity contribution in [3.05, 3.63) is 28.9 Å². The minimum atomic E-state index is 0.894. The van der Waals surface area contributed by atoms with Gasteiger partial charge in [-0.1, -0.05) is 6.58 Å². The van der Waals surface area contributed by atoms with Crippen LogP contribution in [0.3, 0.4) is 0 Å². The molecule has 0 aromatic carbocycles. The van der Waals surface area contributed by atoms with Crippen LogP contribution >= 0.6 is 12.6 Å². The maximum Gasteiger partial charge on any atom is 0.0917 e. The van der Waals surface area contributed by atoms with E-state index in [0.717, 1.165) is 16.2 Å². The molecule has 0 radical (unpaired) electrons. The average molecular weight is 180 g/mol. The smallest absolute Gasteiger partial charge is 0.0917 e. The molecule has 0 bridgehead atoms. The quantitative estimate of drug-likeness (QED) is 0.692. The summed E-state index contributed by atoms with van der Waals surface area (Å²) in [6, 6.07) is 0. The van der Waals surface area contributed by atoms with Gasteiger partial charge in [-0.15, -0.1) is 12.6 Å². The van der Waals surface area contributed by atoms with E-state index in [1.807, 2.05) is 26.2 Å². The van der Waals surface area contributed by atoms with Crippen LogP contribution < -0.4 is 0 Å². The normalized spacial score (nSPS) is 11.8. The van der Waals surface area contributed by atoms with Gasteiger partial charge in [0.25, 0.3) is 0 Å². The van der Waals surface area contributed by atoms with E-state index >= 15 is 0 Å². The Kier molecular flexibility index (Phi) is 2.76. The van der Waals surface area contributed by atoms with Crippen molar-refractivity contribution in [2.24, 2.45) is 7.05 Å². The van der Waals surface area contributed by atoms with Gasteiger partial charge in [-0.2, -0.15) is 5.10 Å². The summed E-state index contributed by atoms with van der Waals surface area (Å²) in [6.45, 7) is 5.62. The molecule has 0 saturated carbocycles. The van der Waals surface area contributed by atoms with Crippen molar-refractivity contribution in [1.82, 2.24) is 9.78 Å². The van der Waals surface area contributed by atoms with Crippen molar-refractivity contribution >= 4 is 24.8 Å². The zero-order chi connectivity index (χ0) is 9.14. The third-order valence-corrected chi connectivity index (χ3v) is 1.57. The summed E-state index contributed by atoms with van der Waals surface area (Å²) in [5, 5.41) is 4.20. The predicted octanol–water partition coefficient (Wildman–Crippen LogP) is 2.35. The van der Waals surface area contributed by atoms with Crippen LogP contribution in [0.4, 0.5) is 0 Å². The molecule has 0 atom stereocenters. The highest BCUT2D eigenvalue weighted by molar-refractivity contribution is 7.84. The van der Waals surface area contributed by atoms with Gasteiger partial charge in [0.1, 0.15) is 0 Å².